The fraction of sp³-hybridized carbons (Fsp3) is 0.500. The minimum Gasteiger partial charge on any atom is -0.341 e. The first-order valence-corrected chi connectivity index (χ1v) is 14.1. The van der Waals surface area contributed by atoms with Crippen LogP contribution in [-0.2, 0) is 20.8 Å². The molecule has 0 saturated carbocycles. The highest BCUT2D eigenvalue weighted by Gasteiger charge is 2.41. The molecule has 3 heterocycles. The van der Waals surface area contributed by atoms with E-state index in [2.05, 4.69) is 10.2 Å². The second kappa shape index (κ2) is 11.9. The van der Waals surface area contributed by atoms with E-state index < -0.39 is 6.04 Å². The largest absolute Gasteiger partial charge is 0.341 e. The molecular formula is C30H37ClN4O3. The number of nitrogens with one attached hydrogen (secondary N) is 1. The van der Waals surface area contributed by atoms with Crippen LogP contribution in [0.2, 0.25) is 5.02 Å². The summed E-state index contributed by atoms with van der Waals surface area (Å²) in [4.78, 5) is 46.1. The van der Waals surface area contributed by atoms with Crippen molar-refractivity contribution in [2.24, 2.45) is 11.8 Å². The summed E-state index contributed by atoms with van der Waals surface area (Å²) >= 11 is 6.50. The van der Waals surface area contributed by atoms with Gasteiger partial charge in [0.1, 0.15) is 6.04 Å². The van der Waals surface area contributed by atoms with Crippen molar-refractivity contribution in [3.05, 3.63) is 70.7 Å². The molecule has 3 amide bonds. The number of benzene rings is 2. The molecule has 4 atom stereocenters. The smallest absolute Gasteiger partial charge is 0.249 e. The Morgan fingerprint density at radius 3 is 2.18 bits per heavy atom. The van der Waals surface area contributed by atoms with E-state index in [1.165, 1.54) is 0 Å². The summed E-state index contributed by atoms with van der Waals surface area (Å²) in [5.74, 6) is 0.634. The van der Waals surface area contributed by atoms with Gasteiger partial charge in [-0.2, -0.15) is 0 Å². The summed E-state index contributed by atoms with van der Waals surface area (Å²) in [5, 5.41) is 3.44. The Morgan fingerprint density at radius 1 is 0.895 bits per heavy atom. The predicted octanol–water partition coefficient (Wildman–Crippen LogP) is 3.53. The van der Waals surface area contributed by atoms with Crippen LogP contribution in [0.15, 0.2) is 54.6 Å². The minimum atomic E-state index is -0.835. The predicted molar refractivity (Wildman–Crippen MR) is 148 cm³/mol. The molecule has 3 aliphatic heterocycles. The van der Waals surface area contributed by atoms with Gasteiger partial charge in [-0.1, -0.05) is 60.1 Å². The first kappa shape index (κ1) is 26.7. The van der Waals surface area contributed by atoms with Crippen LogP contribution in [-0.4, -0.2) is 78.2 Å². The van der Waals surface area contributed by atoms with E-state index in [0.29, 0.717) is 35.5 Å². The summed E-state index contributed by atoms with van der Waals surface area (Å²) in [6.45, 7) is 3.76. The van der Waals surface area contributed by atoms with Crippen LogP contribution in [0, 0.1) is 11.8 Å². The Kier molecular flexibility index (Phi) is 8.34. The quantitative estimate of drug-likeness (QED) is 0.613. The zero-order chi connectivity index (χ0) is 26.6. The molecule has 38 heavy (non-hydrogen) atoms. The fourth-order valence-electron chi connectivity index (χ4n) is 6.34. The molecule has 0 spiro atoms. The lowest BCUT2D eigenvalue weighted by atomic mass is 9.92. The third kappa shape index (κ3) is 5.89. The summed E-state index contributed by atoms with van der Waals surface area (Å²) < 4.78 is 0. The van der Waals surface area contributed by atoms with E-state index in [1.807, 2.05) is 65.4 Å². The lowest BCUT2D eigenvalue weighted by molar-refractivity contribution is -0.137. The number of amides is 3. The molecule has 0 radical (unpaired) electrons. The third-order valence-corrected chi connectivity index (χ3v) is 8.87. The Hall–Kier alpha value is -2.90. The number of rotatable bonds is 6. The van der Waals surface area contributed by atoms with Crippen LogP contribution in [0.25, 0.3) is 0 Å². The van der Waals surface area contributed by atoms with Gasteiger partial charge in [0.2, 0.25) is 17.7 Å². The standard InChI is InChI=1S/C30H37ClN4O3/c1-33-15-7-12-26(33)29(37)34-16-13-22-19-35(20-23(22)14-17-34)30(38)28(24-10-5-6-11-25(24)31)32-27(36)18-21-8-3-2-4-9-21/h2-6,8-11,22-23,26,28H,7,12-20H2,1H3,(H,32,36)/t22-,23+,26-,28-/m1/s1. The molecule has 202 valence electrons. The molecule has 5 rings (SSSR count). The Morgan fingerprint density at radius 2 is 1.55 bits per heavy atom. The van der Waals surface area contributed by atoms with Gasteiger partial charge in [-0.15, -0.1) is 0 Å². The van der Waals surface area contributed by atoms with Crippen LogP contribution in [0.5, 0.6) is 0 Å². The molecule has 3 fully saturated rings. The summed E-state index contributed by atoms with van der Waals surface area (Å²) in [5.41, 5.74) is 1.51. The first-order valence-electron chi connectivity index (χ1n) is 13.8. The van der Waals surface area contributed by atoms with Gasteiger partial charge in [0.05, 0.1) is 12.5 Å². The number of fused-ring (bicyclic) bond motifs is 1. The van der Waals surface area contributed by atoms with Gasteiger partial charge < -0.3 is 15.1 Å². The van der Waals surface area contributed by atoms with Gasteiger partial charge in [-0.3, -0.25) is 19.3 Å². The van der Waals surface area contributed by atoms with Crippen LogP contribution >= 0.6 is 11.6 Å². The number of halogens is 1. The SMILES string of the molecule is CN1CCC[C@@H]1C(=O)N1CC[C@@H]2CN(C(=O)[C@H](NC(=O)Cc3ccccc3)c3ccccc3Cl)C[C@@H]2CC1. The first-order chi connectivity index (χ1) is 18.4. The number of nitrogens with zero attached hydrogens (tertiary/aromatic N) is 3. The highest BCUT2D eigenvalue weighted by atomic mass is 35.5. The summed E-state index contributed by atoms with van der Waals surface area (Å²) in [6, 6.07) is 15.9. The molecule has 2 aromatic rings. The van der Waals surface area contributed by atoms with E-state index in [1.54, 1.807) is 6.07 Å². The topological polar surface area (TPSA) is 73.0 Å². The Balaban J connectivity index is 1.25. The average molecular weight is 537 g/mol. The van der Waals surface area contributed by atoms with Crippen molar-refractivity contribution in [2.45, 2.75) is 44.2 Å². The molecule has 0 unspecified atom stereocenters. The lowest BCUT2D eigenvalue weighted by Crippen LogP contribution is -2.45. The van der Waals surface area contributed by atoms with Crippen molar-refractivity contribution in [1.82, 2.24) is 20.0 Å². The van der Waals surface area contributed by atoms with Crippen molar-refractivity contribution in [1.29, 1.82) is 0 Å². The van der Waals surface area contributed by atoms with Gasteiger partial charge in [0.25, 0.3) is 0 Å². The number of hydrogen-bond acceptors (Lipinski definition) is 4. The van der Waals surface area contributed by atoms with Gasteiger partial charge in [0, 0.05) is 36.8 Å². The van der Waals surface area contributed by atoms with E-state index in [0.717, 1.165) is 50.9 Å². The molecule has 0 aliphatic carbocycles. The maximum Gasteiger partial charge on any atom is 0.249 e. The number of hydrogen-bond donors (Lipinski definition) is 1. The molecular weight excluding hydrogens is 500 g/mol. The molecule has 8 heteroatoms. The zero-order valence-corrected chi connectivity index (χ0v) is 22.8. The molecule has 7 nitrogen and oxygen atoms in total. The minimum absolute atomic E-state index is 0.0156. The number of likely N-dealkylation sites (N-methyl/N-ethyl adjacent to an activating group) is 1. The molecule has 0 aromatic heterocycles. The van der Waals surface area contributed by atoms with Crippen molar-refractivity contribution in [2.75, 3.05) is 39.8 Å². The van der Waals surface area contributed by atoms with Crippen molar-refractivity contribution < 1.29 is 14.4 Å². The van der Waals surface area contributed by atoms with Crippen LogP contribution in [0.3, 0.4) is 0 Å². The molecule has 3 aliphatic rings. The average Bonchev–Trinajstić information content (AvgIpc) is 3.48. The Labute approximate surface area is 230 Å². The van der Waals surface area contributed by atoms with Gasteiger partial charge in [0.15, 0.2) is 0 Å². The highest BCUT2D eigenvalue weighted by molar-refractivity contribution is 6.31. The van der Waals surface area contributed by atoms with Crippen molar-refractivity contribution >= 4 is 29.3 Å². The monoisotopic (exact) mass is 536 g/mol. The fourth-order valence-corrected chi connectivity index (χ4v) is 6.58. The molecule has 2 aromatic carbocycles. The van der Waals surface area contributed by atoms with Crippen LogP contribution < -0.4 is 5.32 Å². The summed E-state index contributed by atoms with van der Waals surface area (Å²) in [6.07, 6.45) is 4.01. The van der Waals surface area contributed by atoms with E-state index in [-0.39, 0.29) is 30.2 Å². The van der Waals surface area contributed by atoms with Crippen LogP contribution in [0.4, 0.5) is 0 Å². The van der Waals surface area contributed by atoms with E-state index in [9.17, 15) is 14.4 Å². The Bertz CT molecular complexity index is 1140. The normalized spacial score (nSPS) is 24.5. The second-order valence-electron chi connectivity index (χ2n) is 11.0. The van der Waals surface area contributed by atoms with E-state index in [4.69, 9.17) is 11.6 Å². The number of likely N-dealkylation sites (tertiary alicyclic amines) is 3. The molecule has 3 saturated heterocycles. The molecule has 1 N–H and O–H groups in total. The lowest BCUT2D eigenvalue weighted by Gasteiger charge is -2.28. The highest BCUT2D eigenvalue weighted by Crippen LogP contribution is 2.35. The van der Waals surface area contributed by atoms with Gasteiger partial charge in [-0.05, 0) is 62.7 Å². The third-order valence-electron chi connectivity index (χ3n) is 8.52. The second-order valence-corrected chi connectivity index (χ2v) is 11.4. The van der Waals surface area contributed by atoms with E-state index >= 15 is 0 Å². The molecule has 0 bridgehead atoms. The van der Waals surface area contributed by atoms with Gasteiger partial charge >= 0.3 is 0 Å². The van der Waals surface area contributed by atoms with Crippen molar-refractivity contribution in [3.63, 3.8) is 0 Å². The summed E-state index contributed by atoms with van der Waals surface area (Å²) in [7, 11) is 2.04. The van der Waals surface area contributed by atoms with Crippen molar-refractivity contribution in [3.8, 4) is 0 Å². The number of carbonyl (C=O) groups excluding carboxylic acids is 3. The number of carbonyl (C=O) groups is 3. The van der Waals surface area contributed by atoms with Gasteiger partial charge in [-0.25, -0.2) is 0 Å². The maximum atomic E-state index is 13.9. The van der Waals surface area contributed by atoms with Crippen LogP contribution in [0.1, 0.15) is 42.9 Å². The zero-order valence-electron chi connectivity index (χ0n) is 22.0. The maximum absolute atomic E-state index is 13.9.